The standard InChI is InChI=1S/C13H18BrNO2/c1-12(16,10-3-2-4-11(14)7-10)13(8-15)5-6-17-9-13/h2-4,7,16H,5-6,8-9,15H2,1H3. The van der Waals surface area contributed by atoms with Gasteiger partial charge in [-0.1, -0.05) is 28.1 Å². The van der Waals surface area contributed by atoms with E-state index in [0.29, 0.717) is 19.8 Å². The van der Waals surface area contributed by atoms with Gasteiger partial charge in [-0.3, -0.25) is 0 Å². The first kappa shape index (κ1) is 13.0. The molecule has 2 unspecified atom stereocenters. The fourth-order valence-electron chi connectivity index (χ4n) is 2.45. The Morgan fingerprint density at radius 3 is 2.88 bits per heavy atom. The number of halogens is 1. The molecule has 2 atom stereocenters. The average Bonchev–Trinajstić information content (AvgIpc) is 2.79. The van der Waals surface area contributed by atoms with Crippen LogP contribution in [0.1, 0.15) is 18.9 Å². The highest BCUT2D eigenvalue weighted by atomic mass is 79.9. The molecule has 0 aromatic heterocycles. The second kappa shape index (κ2) is 4.69. The molecule has 3 nitrogen and oxygen atoms in total. The number of hydrogen-bond acceptors (Lipinski definition) is 3. The van der Waals surface area contributed by atoms with Crippen molar-refractivity contribution in [2.45, 2.75) is 18.9 Å². The molecule has 0 bridgehead atoms. The van der Waals surface area contributed by atoms with Crippen LogP contribution >= 0.6 is 15.9 Å². The molecule has 1 aliphatic heterocycles. The van der Waals surface area contributed by atoms with E-state index in [1.165, 1.54) is 0 Å². The van der Waals surface area contributed by atoms with E-state index < -0.39 is 5.60 Å². The molecule has 1 fully saturated rings. The SMILES string of the molecule is CC(O)(c1cccc(Br)c1)C1(CN)CCOC1. The van der Waals surface area contributed by atoms with Gasteiger partial charge in [0.15, 0.2) is 0 Å². The molecule has 3 N–H and O–H groups in total. The molecule has 0 aliphatic carbocycles. The van der Waals surface area contributed by atoms with Gasteiger partial charge >= 0.3 is 0 Å². The Balaban J connectivity index is 2.40. The van der Waals surface area contributed by atoms with Crippen molar-refractivity contribution >= 4 is 15.9 Å². The minimum absolute atomic E-state index is 0.381. The molecule has 0 saturated carbocycles. The topological polar surface area (TPSA) is 55.5 Å². The van der Waals surface area contributed by atoms with Gasteiger partial charge in [0.05, 0.1) is 12.2 Å². The van der Waals surface area contributed by atoms with Crippen LogP contribution < -0.4 is 5.73 Å². The van der Waals surface area contributed by atoms with Crippen molar-refractivity contribution in [3.05, 3.63) is 34.3 Å². The molecular weight excluding hydrogens is 282 g/mol. The molecule has 1 saturated heterocycles. The average molecular weight is 300 g/mol. The van der Waals surface area contributed by atoms with Crippen molar-refractivity contribution in [3.8, 4) is 0 Å². The van der Waals surface area contributed by atoms with Gasteiger partial charge in [-0.2, -0.15) is 0 Å². The Hall–Kier alpha value is -0.420. The van der Waals surface area contributed by atoms with Crippen molar-refractivity contribution in [1.29, 1.82) is 0 Å². The number of aliphatic hydroxyl groups is 1. The van der Waals surface area contributed by atoms with E-state index in [4.69, 9.17) is 10.5 Å². The normalized spacial score (nSPS) is 28.0. The number of benzene rings is 1. The van der Waals surface area contributed by atoms with Crippen LogP contribution in [-0.2, 0) is 10.3 Å². The zero-order valence-corrected chi connectivity index (χ0v) is 11.5. The lowest BCUT2D eigenvalue weighted by Crippen LogP contribution is -2.49. The van der Waals surface area contributed by atoms with Crippen LogP contribution in [0.3, 0.4) is 0 Å². The van der Waals surface area contributed by atoms with Crippen LogP contribution in [0.4, 0.5) is 0 Å². The van der Waals surface area contributed by atoms with Crippen molar-refractivity contribution in [2.75, 3.05) is 19.8 Å². The fraction of sp³-hybridized carbons (Fsp3) is 0.538. The Bertz CT molecular complexity index is 400. The highest BCUT2D eigenvalue weighted by molar-refractivity contribution is 9.10. The molecule has 1 heterocycles. The van der Waals surface area contributed by atoms with Gasteiger partial charge in [0.25, 0.3) is 0 Å². The van der Waals surface area contributed by atoms with Crippen LogP contribution in [0.25, 0.3) is 0 Å². The van der Waals surface area contributed by atoms with Crippen molar-refractivity contribution in [2.24, 2.45) is 11.1 Å². The first-order chi connectivity index (χ1) is 8.02. The molecule has 17 heavy (non-hydrogen) atoms. The predicted molar refractivity (Wildman–Crippen MR) is 70.6 cm³/mol. The summed E-state index contributed by atoms with van der Waals surface area (Å²) >= 11 is 3.43. The van der Waals surface area contributed by atoms with Gasteiger partial charge in [-0.15, -0.1) is 0 Å². The third-order valence-corrected chi connectivity index (χ3v) is 4.41. The first-order valence-corrected chi connectivity index (χ1v) is 6.57. The van der Waals surface area contributed by atoms with E-state index in [1.54, 1.807) is 0 Å². The van der Waals surface area contributed by atoms with Gasteiger partial charge < -0.3 is 15.6 Å². The van der Waals surface area contributed by atoms with Crippen LogP contribution in [0.2, 0.25) is 0 Å². The van der Waals surface area contributed by atoms with Gasteiger partial charge in [0.2, 0.25) is 0 Å². The zero-order chi connectivity index (χ0) is 12.5. The molecule has 1 aliphatic rings. The third kappa shape index (κ3) is 2.15. The van der Waals surface area contributed by atoms with E-state index in [0.717, 1.165) is 16.5 Å². The van der Waals surface area contributed by atoms with Gasteiger partial charge in [0, 0.05) is 23.0 Å². The van der Waals surface area contributed by atoms with Crippen LogP contribution in [0, 0.1) is 5.41 Å². The molecule has 4 heteroatoms. The van der Waals surface area contributed by atoms with E-state index in [9.17, 15) is 5.11 Å². The summed E-state index contributed by atoms with van der Waals surface area (Å²) in [5.74, 6) is 0. The minimum Gasteiger partial charge on any atom is -0.385 e. The van der Waals surface area contributed by atoms with Crippen molar-refractivity contribution in [3.63, 3.8) is 0 Å². The van der Waals surface area contributed by atoms with E-state index >= 15 is 0 Å². The lowest BCUT2D eigenvalue weighted by molar-refractivity contribution is -0.0747. The quantitative estimate of drug-likeness (QED) is 0.898. The summed E-state index contributed by atoms with van der Waals surface area (Å²) < 4.78 is 6.40. The molecule has 2 rings (SSSR count). The molecule has 0 radical (unpaired) electrons. The summed E-state index contributed by atoms with van der Waals surface area (Å²) in [7, 11) is 0. The Kier molecular flexibility index (Phi) is 3.59. The predicted octanol–water partition coefficient (Wildman–Crippen LogP) is 2.02. The molecule has 94 valence electrons. The summed E-state index contributed by atoms with van der Waals surface area (Å²) in [4.78, 5) is 0. The maximum atomic E-state index is 10.9. The summed E-state index contributed by atoms with van der Waals surface area (Å²) in [6, 6.07) is 7.74. The number of nitrogens with two attached hydrogens (primary N) is 1. The first-order valence-electron chi connectivity index (χ1n) is 5.78. The maximum absolute atomic E-state index is 10.9. The molecule has 1 aromatic carbocycles. The lowest BCUT2D eigenvalue weighted by atomic mass is 9.69. The highest BCUT2D eigenvalue weighted by Gasteiger charge is 2.49. The van der Waals surface area contributed by atoms with E-state index in [2.05, 4.69) is 15.9 Å². The van der Waals surface area contributed by atoms with Crippen LogP contribution in [0.15, 0.2) is 28.7 Å². The van der Waals surface area contributed by atoms with E-state index in [-0.39, 0.29) is 5.41 Å². The number of rotatable bonds is 3. The minimum atomic E-state index is -0.970. The smallest absolute Gasteiger partial charge is 0.0959 e. The van der Waals surface area contributed by atoms with E-state index in [1.807, 2.05) is 31.2 Å². The number of hydrogen-bond donors (Lipinski definition) is 2. The van der Waals surface area contributed by atoms with Crippen LogP contribution in [-0.4, -0.2) is 24.9 Å². The summed E-state index contributed by atoms with van der Waals surface area (Å²) in [6.45, 7) is 3.44. The lowest BCUT2D eigenvalue weighted by Gasteiger charge is -2.41. The summed E-state index contributed by atoms with van der Waals surface area (Å²) in [5.41, 5.74) is 5.40. The Morgan fingerprint density at radius 2 is 2.35 bits per heavy atom. The maximum Gasteiger partial charge on any atom is 0.0959 e. The highest BCUT2D eigenvalue weighted by Crippen LogP contribution is 2.45. The fourth-order valence-corrected chi connectivity index (χ4v) is 2.85. The molecule has 0 amide bonds. The van der Waals surface area contributed by atoms with Crippen LogP contribution in [0.5, 0.6) is 0 Å². The van der Waals surface area contributed by atoms with Gasteiger partial charge in [-0.25, -0.2) is 0 Å². The monoisotopic (exact) mass is 299 g/mol. The largest absolute Gasteiger partial charge is 0.385 e. The Morgan fingerprint density at radius 1 is 1.59 bits per heavy atom. The van der Waals surface area contributed by atoms with Gasteiger partial charge in [-0.05, 0) is 31.0 Å². The second-order valence-electron chi connectivity index (χ2n) is 4.87. The van der Waals surface area contributed by atoms with Crippen molar-refractivity contribution in [1.82, 2.24) is 0 Å². The third-order valence-electron chi connectivity index (χ3n) is 3.91. The second-order valence-corrected chi connectivity index (χ2v) is 5.79. The summed E-state index contributed by atoms with van der Waals surface area (Å²) in [6.07, 6.45) is 0.795. The summed E-state index contributed by atoms with van der Waals surface area (Å²) in [5, 5.41) is 10.9. The Labute approximate surface area is 110 Å². The molecular formula is C13H18BrNO2. The number of ether oxygens (including phenoxy) is 1. The molecule has 1 aromatic rings. The van der Waals surface area contributed by atoms with Crippen molar-refractivity contribution < 1.29 is 9.84 Å². The van der Waals surface area contributed by atoms with Gasteiger partial charge in [0.1, 0.15) is 0 Å². The molecule has 0 spiro atoms. The zero-order valence-electron chi connectivity index (χ0n) is 9.95.